The number of unbranched alkanes of at least 4 members (excludes halogenated alkanes) is 45. The highest BCUT2D eigenvalue weighted by Crippen LogP contribution is 2.24. The molecule has 0 aliphatic rings. The molecular weight excluding hydrogens is 993 g/mol. The van der Waals surface area contributed by atoms with Crippen LogP contribution in [0.4, 0.5) is 0 Å². The summed E-state index contributed by atoms with van der Waals surface area (Å²) in [6.07, 6.45) is 69.7. The van der Waals surface area contributed by atoms with E-state index in [0.29, 0.717) is 25.0 Å². The molecule has 0 amide bonds. The Balaban J connectivity index is -0.00000124. The zero-order valence-electron chi connectivity index (χ0n) is 54.7. The Morgan fingerprint density at radius 1 is 0.263 bits per heavy atom. The first-order valence-corrected chi connectivity index (χ1v) is 35.6. The van der Waals surface area contributed by atoms with E-state index in [2.05, 4.69) is 41.5 Å². The van der Waals surface area contributed by atoms with Crippen molar-refractivity contribution in [2.24, 2.45) is 17.8 Å². The summed E-state index contributed by atoms with van der Waals surface area (Å²) in [4.78, 5) is 44.3. The molecule has 4 N–H and O–H groups in total. The van der Waals surface area contributed by atoms with Crippen LogP contribution in [0, 0.1) is 17.8 Å². The van der Waals surface area contributed by atoms with Gasteiger partial charge in [-0.25, -0.2) is 4.79 Å². The van der Waals surface area contributed by atoms with Gasteiger partial charge in [0.05, 0.1) is 0 Å². The summed E-state index contributed by atoms with van der Waals surface area (Å²) in [5, 5.41) is 35.1. The molecule has 2 unspecified atom stereocenters. The fraction of sp³-hybridized carbons (Fsp3) is 0.944. The van der Waals surface area contributed by atoms with Crippen LogP contribution < -0.4 is 0 Å². The van der Waals surface area contributed by atoms with Crippen molar-refractivity contribution in [3.05, 3.63) is 0 Å². The number of carbonyl (C=O) groups excluding carboxylic acids is 1. The molecule has 0 bridgehead atoms. The van der Waals surface area contributed by atoms with Crippen LogP contribution in [0.15, 0.2) is 0 Å². The standard InChI is InChI=1S/C36H70O4.2C18H36O2/c1-3-5-7-9-10-11-12-13-14-15-16-17-20-23-27-31-34(37)33(29-25-8-6-4-2)30-26-22-19-18-21-24-28-32-35(38)36(39)40;2*1-17(2)15-13-11-9-7-5-3-4-6-8-10-12-14-16-18(19)20/h33,35,38H,3-32H2,1-2H3,(H,39,40);2*17H,3-16H2,1-2H3,(H,19,20). The van der Waals surface area contributed by atoms with E-state index < -0.39 is 24.0 Å². The second-order valence-corrected chi connectivity index (χ2v) is 25.8. The first-order valence-electron chi connectivity index (χ1n) is 35.6. The number of aliphatic carboxylic acids is 3. The van der Waals surface area contributed by atoms with Gasteiger partial charge in [-0.1, -0.05) is 356 Å². The first kappa shape index (κ1) is 82.3. The van der Waals surface area contributed by atoms with Gasteiger partial charge in [0.1, 0.15) is 5.78 Å². The number of hydrogen-bond donors (Lipinski definition) is 4. The molecule has 2 atom stereocenters. The lowest BCUT2D eigenvalue weighted by Gasteiger charge is -2.16. The van der Waals surface area contributed by atoms with Crippen LogP contribution in [0.5, 0.6) is 0 Å². The van der Waals surface area contributed by atoms with Gasteiger partial charge >= 0.3 is 17.9 Å². The van der Waals surface area contributed by atoms with Crippen LogP contribution in [-0.4, -0.2) is 50.2 Å². The van der Waals surface area contributed by atoms with E-state index in [9.17, 15) is 24.3 Å². The molecule has 0 spiro atoms. The van der Waals surface area contributed by atoms with Gasteiger partial charge in [0.15, 0.2) is 6.10 Å². The van der Waals surface area contributed by atoms with Gasteiger partial charge in [0.25, 0.3) is 0 Å². The number of aliphatic hydroxyl groups excluding tert-OH is 1. The molecule has 8 nitrogen and oxygen atoms in total. The van der Waals surface area contributed by atoms with Gasteiger partial charge in [-0.05, 0) is 50.4 Å². The second kappa shape index (κ2) is 69.5. The van der Waals surface area contributed by atoms with Crippen molar-refractivity contribution in [2.75, 3.05) is 0 Å². The summed E-state index contributed by atoms with van der Waals surface area (Å²) in [6, 6.07) is 0. The second-order valence-electron chi connectivity index (χ2n) is 25.8. The average Bonchev–Trinajstić information content (AvgIpc) is 3.42. The number of carboxylic acid groups (broad SMARTS) is 3. The Morgan fingerprint density at radius 2 is 0.463 bits per heavy atom. The molecule has 8 heteroatoms. The predicted molar refractivity (Wildman–Crippen MR) is 346 cm³/mol. The Kier molecular flexibility index (Phi) is 71.5. The molecule has 0 aliphatic heterocycles. The van der Waals surface area contributed by atoms with Gasteiger partial charge in [-0.15, -0.1) is 0 Å². The summed E-state index contributed by atoms with van der Waals surface area (Å²) in [7, 11) is 0. The van der Waals surface area contributed by atoms with Gasteiger partial charge in [-0.2, -0.15) is 0 Å². The zero-order valence-corrected chi connectivity index (χ0v) is 54.7. The predicted octanol–water partition coefficient (Wildman–Crippen LogP) is 23.7. The summed E-state index contributed by atoms with van der Waals surface area (Å²) in [5.41, 5.74) is 0. The zero-order chi connectivity index (χ0) is 59.6. The lowest BCUT2D eigenvalue weighted by Crippen LogP contribution is -2.18. The van der Waals surface area contributed by atoms with Crippen molar-refractivity contribution in [3.63, 3.8) is 0 Å². The highest BCUT2D eigenvalue weighted by atomic mass is 16.4. The third-order valence-electron chi connectivity index (χ3n) is 16.5. The van der Waals surface area contributed by atoms with Crippen molar-refractivity contribution < 1.29 is 39.6 Å². The number of carbonyl (C=O) groups is 4. The normalized spacial score (nSPS) is 12.1. The van der Waals surface area contributed by atoms with Crippen molar-refractivity contribution in [2.45, 2.75) is 420 Å². The highest BCUT2D eigenvalue weighted by Gasteiger charge is 2.17. The van der Waals surface area contributed by atoms with E-state index in [0.717, 1.165) is 95.3 Å². The summed E-state index contributed by atoms with van der Waals surface area (Å²) in [5.74, 6) is 0.121. The Hall–Kier alpha value is -1.96. The van der Waals surface area contributed by atoms with Crippen LogP contribution in [0.2, 0.25) is 0 Å². The van der Waals surface area contributed by atoms with E-state index in [1.807, 2.05) is 0 Å². The summed E-state index contributed by atoms with van der Waals surface area (Å²) in [6.45, 7) is 13.8. The van der Waals surface area contributed by atoms with Crippen molar-refractivity contribution in [1.29, 1.82) is 0 Å². The number of ketones is 1. The number of hydrogen-bond acceptors (Lipinski definition) is 5. The van der Waals surface area contributed by atoms with E-state index in [4.69, 9.17) is 15.3 Å². The quantitative estimate of drug-likeness (QED) is 0.0440. The third-order valence-corrected chi connectivity index (χ3v) is 16.5. The molecule has 0 aromatic heterocycles. The molecule has 0 rings (SSSR count). The number of carboxylic acids is 3. The molecule has 0 saturated carbocycles. The van der Waals surface area contributed by atoms with Crippen LogP contribution >= 0.6 is 0 Å². The fourth-order valence-corrected chi connectivity index (χ4v) is 11.1. The maximum atomic E-state index is 13.0. The highest BCUT2D eigenvalue weighted by molar-refractivity contribution is 5.80. The van der Waals surface area contributed by atoms with E-state index in [-0.39, 0.29) is 5.92 Å². The molecule has 0 aromatic rings. The maximum Gasteiger partial charge on any atom is 0.332 e. The SMILES string of the molecule is CC(C)CCCCCCCCCCCCCCC(=O)O.CC(C)CCCCCCCCCCCCCCC(=O)O.CCCCCCCCCCCCCCCCCC(=O)C(CCCCCC)CCCCCCCCCC(O)C(=O)O. The third kappa shape index (κ3) is 76.0. The van der Waals surface area contributed by atoms with Gasteiger partial charge in [-0.3, -0.25) is 14.4 Å². The Labute approximate surface area is 498 Å². The molecular formula is C72H142O8. The van der Waals surface area contributed by atoms with E-state index in [1.165, 1.54) is 270 Å². The van der Waals surface area contributed by atoms with Gasteiger partial charge in [0, 0.05) is 25.2 Å². The molecule has 0 aromatic carbocycles. The summed E-state index contributed by atoms with van der Waals surface area (Å²) < 4.78 is 0. The Morgan fingerprint density at radius 3 is 0.700 bits per heavy atom. The van der Waals surface area contributed by atoms with Gasteiger partial charge < -0.3 is 20.4 Å². The number of Topliss-reactive ketones (excluding diaryl/α,β-unsaturated/α-hetero) is 1. The Bertz CT molecular complexity index is 1200. The molecule has 0 heterocycles. The van der Waals surface area contributed by atoms with Crippen molar-refractivity contribution in [3.8, 4) is 0 Å². The van der Waals surface area contributed by atoms with E-state index in [1.54, 1.807) is 0 Å². The van der Waals surface area contributed by atoms with Crippen LogP contribution in [0.3, 0.4) is 0 Å². The molecule has 478 valence electrons. The monoisotopic (exact) mass is 1140 g/mol. The van der Waals surface area contributed by atoms with Crippen molar-refractivity contribution in [1.82, 2.24) is 0 Å². The largest absolute Gasteiger partial charge is 0.481 e. The lowest BCUT2D eigenvalue weighted by atomic mass is 9.88. The molecule has 0 aliphatic carbocycles. The fourth-order valence-electron chi connectivity index (χ4n) is 11.1. The lowest BCUT2D eigenvalue weighted by molar-refractivity contribution is -0.147. The first-order chi connectivity index (χ1) is 38.8. The minimum atomic E-state index is -1.21. The molecule has 80 heavy (non-hydrogen) atoms. The average molecular weight is 1140 g/mol. The minimum Gasteiger partial charge on any atom is -0.481 e. The molecule has 0 fully saturated rings. The van der Waals surface area contributed by atoms with Gasteiger partial charge in [0.2, 0.25) is 0 Å². The topological polar surface area (TPSA) is 149 Å². The minimum absolute atomic E-state index is 0.279. The summed E-state index contributed by atoms with van der Waals surface area (Å²) >= 11 is 0. The molecule has 0 saturated heterocycles. The van der Waals surface area contributed by atoms with Crippen molar-refractivity contribution >= 4 is 23.7 Å². The maximum absolute atomic E-state index is 13.0. The molecule has 0 radical (unpaired) electrons. The van der Waals surface area contributed by atoms with E-state index >= 15 is 0 Å². The number of rotatable bonds is 63. The van der Waals surface area contributed by atoms with Crippen LogP contribution in [0.1, 0.15) is 414 Å². The number of aliphatic hydroxyl groups is 1. The smallest absolute Gasteiger partial charge is 0.332 e. The van der Waals surface area contributed by atoms with Crippen LogP contribution in [0.25, 0.3) is 0 Å². The van der Waals surface area contributed by atoms with Crippen LogP contribution in [-0.2, 0) is 19.2 Å².